The monoisotopic (exact) mass is 309 g/mol. The SMILES string of the molecule is COc1ccc(OCc2c(Cl)cc(F)cc2CCN)cc1. The lowest BCUT2D eigenvalue weighted by molar-refractivity contribution is 0.304. The molecule has 3 nitrogen and oxygen atoms in total. The molecule has 2 aromatic carbocycles. The normalized spacial score (nSPS) is 10.5. The van der Waals surface area contributed by atoms with Crippen LogP contribution in [0.1, 0.15) is 11.1 Å². The number of nitrogens with two attached hydrogens (primary N) is 1. The summed E-state index contributed by atoms with van der Waals surface area (Å²) in [6.07, 6.45) is 0.554. The van der Waals surface area contributed by atoms with Crippen molar-refractivity contribution in [1.29, 1.82) is 0 Å². The number of methoxy groups -OCH3 is 1. The van der Waals surface area contributed by atoms with Crippen molar-refractivity contribution in [3.63, 3.8) is 0 Å². The van der Waals surface area contributed by atoms with Gasteiger partial charge in [-0.15, -0.1) is 0 Å². The predicted molar refractivity (Wildman–Crippen MR) is 81.5 cm³/mol. The molecule has 2 aromatic rings. The van der Waals surface area contributed by atoms with Crippen LogP contribution in [0, 0.1) is 5.82 Å². The first kappa shape index (κ1) is 15.6. The molecular formula is C16H17ClFNO2. The zero-order valence-corrected chi connectivity index (χ0v) is 12.5. The molecule has 0 aliphatic carbocycles. The van der Waals surface area contributed by atoms with Crippen molar-refractivity contribution in [1.82, 2.24) is 0 Å². The van der Waals surface area contributed by atoms with Gasteiger partial charge in [0.25, 0.3) is 0 Å². The average molecular weight is 310 g/mol. The minimum atomic E-state index is -0.364. The van der Waals surface area contributed by atoms with E-state index in [1.807, 2.05) is 12.1 Å². The van der Waals surface area contributed by atoms with Gasteiger partial charge in [0.2, 0.25) is 0 Å². The zero-order chi connectivity index (χ0) is 15.2. The van der Waals surface area contributed by atoms with E-state index in [0.29, 0.717) is 23.7 Å². The van der Waals surface area contributed by atoms with E-state index in [2.05, 4.69) is 0 Å². The molecule has 2 N–H and O–H groups in total. The molecule has 2 rings (SSSR count). The van der Waals surface area contributed by atoms with Crippen LogP contribution in [0.5, 0.6) is 11.5 Å². The first-order valence-corrected chi connectivity index (χ1v) is 6.95. The Bertz CT molecular complexity index is 602. The fraction of sp³-hybridized carbons (Fsp3) is 0.250. The fourth-order valence-electron chi connectivity index (χ4n) is 2.02. The molecule has 0 aromatic heterocycles. The summed E-state index contributed by atoms with van der Waals surface area (Å²) < 4.78 is 24.2. The molecule has 0 heterocycles. The first-order chi connectivity index (χ1) is 10.1. The second-order valence-electron chi connectivity index (χ2n) is 4.53. The number of ether oxygens (including phenoxy) is 2. The van der Waals surface area contributed by atoms with E-state index in [1.54, 1.807) is 19.2 Å². The average Bonchev–Trinajstić information content (AvgIpc) is 2.47. The number of hydrogen-bond acceptors (Lipinski definition) is 3. The van der Waals surface area contributed by atoms with E-state index in [0.717, 1.165) is 16.9 Å². The van der Waals surface area contributed by atoms with Crippen LogP contribution in [-0.4, -0.2) is 13.7 Å². The molecule has 0 amide bonds. The lowest BCUT2D eigenvalue weighted by Crippen LogP contribution is -2.08. The van der Waals surface area contributed by atoms with Gasteiger partial charge in [-0.25, -0.2) is 4.39 Å². The largest absolute Gasteiger partial charge is 0.497 e. The highest BCUT2D eigenvalue weighted by Gasteiger charge is 2.10. The summed E-state index contributed by atoms with van der Waals surface area (Å²) in [5.74, 6) is 1.08. The summed E-state index contributed by atoms with van der Waals surface area (Å²) in [4.78, 5) is 0. The molecule has 0 radical (unpaired) electrons. The van der Waals surface area contributed by atoms with Gasteiger partial charge in [-0.05, 0) is 54.9 Å². The molecule has 112 valence electrons. The number of hydrogen-bond donors (Lipinski definition) is 1. The van der Waals surface area contributed by atoms with E-state index in [-0.39, 0.29) is 12.4 Å². The van der Waals surface area contributed by atoms with Crippen LogP contribution >= 0.6 is 11.6 Å². The molecule has 0 atom stereocenters. The maximum absolute atomic E-state index is 13.4. The topological polar surface area (TPSA) is 44.5 Å². The van der Waals surface area contributed by atoms with Crippen LogP contribution in [0.25, 0.3) is 0 Å². The highest BCUT2D eigenvalue weighted by atomic mass is 35.5. The molecule has 0 spiro atoms. The Labute approximate surface area is 128 Å². The van der Waals surface area contributed by atoms with E-state index in [1.165, 1.54) is 12.1 Å². The zero-order valence-electron chi connectivity index (χ0n) is 11.7. The lowest BCUT2D eigenvalue weighted by atomic mass is 10.0. The van der Waals surface area contributed by atoms with Crippen LogP contribution in [0.15, 0.2) is 36.4 Å². The quantitative estimate of drug-likeness (QED) is 0.887. The number of benzene rings is 2. The minimum Gasteiger partial charge on any atom is -0.497 e. The van der Waals surface area contributed by atoms with Crippen LogP contribution < -0.4 is 15.2 Å². The third-order valence-electron chi connectivity index (χ3n) is 3.11. The summed E-state index contributed by atoms with van der Waals surface area (Å²) >= 11 is 6.10. The molecule has 0 unspecified atom stereocenters. The minimum absolute atomic E-state index is 0.265. The first-order valence-electron chi connectivity index (χ1n) is 6.57. The van der Waals surface area contributed by atoms with Gasteiger partial charge in [-0.2, -0.15) is 0 Å². The Morgan fingerprint density at radius 2 is 1.81 bits per heavy atom. The van der Waals surface area contributed by atoms with Gasteiger partial charge in [0, 0.05) is 5.56 Å². The Balaban J connectivity index is 2.14. The van der Waals surface area contributed by atoms with E-state index < -0.39 is 0 Å². The van der Waals surface area contributed by atoms with Crippen LogP contribution in [0.3, 0.4) is 0 Å². The van der Waals surface area contributed by atoms with Gasteiger partial charge in [0.1, 0.15) is 23.9 Å². The molecule has 0 saturated heterocycles. The summed E-state index contributed by atoms with van der Waals surface area (Å²) in [7, 11) is 1.60. The smallest absolute Gasteiger partial charge is 0.124 e. The van der Waals surface area contributed by atoms with E-state index in [4.69, 9.17) is 26.8 Å². The van der Waals surface area contributed by atoms with E-state index in [9.17, 15) is 4.39 Å². The third kappa shape index (κ3) is 4.09. The third-order valence-corrected chi connectivity index (χ3v) is 3.45. The molecule has 0 fully saturated rings. The van der Waals surface area contributed by atoms with Crippen molar-refractivity contribution >= 4 is 11.6 Å². The van der Waals surface area contributed by atoms with Crippen molar-refractivity contribution in [2.45, 2.75) is 13.0 Å². The van der Waals surface area contributed by atoms with Gasteiger partial charge >= 0.3 is 0 Å². The van der Waals surface area contributed by atoms with Crippen molar-refractivity contribution in [3.05, 3.63) is 58.4 Å². The highest BCUT2D eigenvalue weighted by Crippen LogP contribution is 2.25. The second kappa shape index (κ2) is 7.29. The summed E-state index contributed by atoms with van der Waals surface area (Å²) in [5, 5.41) is 0.354. The maximum Gasteiger partial charge on any atom is 0.124 e. The lowest BCUT2D eigenvalue weighted by Gasteiger charge is -2.13. The van der Waals surface area contributed by atoms with Crippen molar-refractivity contribution in [2.75, 3.05) is 13.7 Å². The molecule has 5 heteroatoms. The molecule has 0 aliphatic rings. The summed E-state index contributed by atoms with van der Waals surface area (Å²) in [5.41, 5.74) is 7.09. The fourth-order valence-corrected chi connectivity index (χ4v) is 2.30. The molecule has 0 saturated carbocycles. The molecule has 21 heavy (non-hydrogen) atoms. The molecule has 0 aliphatic heterocycles. The van der Waals surface area contributed by atoms with Crippen molar-refractivity contribution < 1.29 is 13.9 Å². The number of rotatable bonds is 6. The Hall–Kier alpha value is -1.78. The Morgan fingerprint density at radius 3 is 2.43 bits per heavy atom. The van der Waals surface area contributed by atoms with Crippen LogP contribution in [-0.2, 0) is 13.0 Å². The van der Waals surface area contributed by atoms with Crippen molar-refractivity contribution in [2.24, 2.45) is 5.73 Å². The highest BCUT2D eigenvalue weighted by molar-refractivity contribution is 6.31. The summed E-state index contributed by atoms with van der Waals surface area (Å²) in [6.45, 7) is 0.691. The second-order valence-corrected chi connectivity index (χ2v) is 4.94. The van der Waals surface area contributed by atoms with Gasteiger partial charge in [-0.3, -0.25) is 0 Å². The van der Waals surface area contributed by atoms with Crippen LogP contribution in [0.2, 0.25) is 5.02 Å². The van der Waals surface area contributed by atoms with Gasteiger partial charge in [-0.1, -0.05) is 11.6 Å². The molecule has 0 bridgehead atoms. The van der Waals surface area contributed by atoms with Crippen LogP contribution in [0.4, 0.5) is 4.39 Å². The van der Waals surface area contributed by atoms with Crippen molar-refractivity contribution in [3.8, 4) is 11.5 Å². The Morgan fingerprint density at radius 1 is 1.14 bits per heavy atom. The molecular weight excluding hydrogens is 293 g/mol. The summed E-state index contributed by atoms with van der Waals surface area (Å²) in [6, 6.07) is 9.96. The number of halogens is 2. The predicted octanol–water partition coefficient (Wildman–Crippen LogP) is 3.57. The van der Waals surface area contributed by atoms with Gasteiger partial charge in [0.15, 0.2) is 0 Å². The van der Waals surface area contributed by atoms with Gasteiger partial charge in [0.05, 0.1) is 12.1 Å². The van der Waals surface area contributed by atoms with E-state index >= 15 is 0 Å². The van der Waals surface area contributed by atoms with Gasteiger partial charge < -0.3 is 15.2 Å². The maximum atomic E-state index is 13.4. The standard InChI is InChI=1S/C16H17ClFNO2/c1-20-13-2-4-14(5-3-13)21-10-15-11(6-7-19)8-12(18)9-16(15)17/h2-5,8-9H,6-7,10,19H2,1H3. The Kier molecular flexibility index (Phi) is 5.42.